The van der Waals surface area contributed by atoms with E-state index in [0.29, 0.717) is 19.2 Å². The van der Waals surface area contributed by atoms with Gasteiger partial charge in [-0.25, -0.2) is 17.2 Å². The molecule has 0 aliphatic carbocycles. The van der Waals surface area contributed by atoms with Gasteiger partial charge in [-0.15, -0.1) is 0 Å². The van der Waals surface area contributed by atoms with Crippen LogP contribution < -0.4 is 0 Å². The zero-order valence-electron chi connectivity index (χ0n) is 11.4. The Bertz CT molecular complexity index is 683. The molecule has 0 spiro atoms. The van der Waals surface area contributed by atoms with Gasteiger partial charge in [-0.2, -0.15) is 0 Å². The van der Waals surface area contributed by atoms with Crippen molar-refractivity contribution in [1.29, 1.82) is 0 Å². The molecule has 1 saturated heterocycles. The summed E-state index contributed by atoms with van der Waals surface area (Å²) in [6, 6.07) is 1.44. The van der Waals surface area contributed by atoms with Crippen LogP contribution in [0.15, 0.2) is 17.0 Å². The van der Waals surface area contributed by atoms with E-state index in [2.05, 4.69) is 0 Å². The Kier molecular flexibility index (Phi) is 4.26. The highest BCUT2D eigenvalue weighted by Gasteiger charge is 2.34. The van der Waals surface area contributed by atoms with E-state index in [0.717, 1.165) is 6.07 Å². The molecule has 0 N–H and O–H groups in total. The van der Waals surface area contributed by atoms with E-state index >= 15 is 0 Å². The highest BCUT2D eigenvalue weighted by Crippen LogP contribution is 2.28. The Labute approximate surface area is 126 Å². The van der Waals surface area contributed by atoms with Gasteiger partial charge < -0.3 is 4.90 Å². The van der Waals surface area contributed by atoms with Crippen molar-refractivity contribution in [3.63, 3.8) is 0 Å². The van der Waals surface area contributed by atoms with Gasteiger partial charge in [-0.1, -0.05) is 13.8 Å². The molecular weight excluding hydrogens is 324 g/mol. The van der Waals surface area contributed by atoms with Crippen LogP contribution in [0.5, 0.6) is 0 Å². The van der Waals surface area contributed by atoms with Crippen LogP contribution in [0, 0.1) is 23.5 Å². The summed E-state index contributed by atoms with van der Waals surface area (Å²) < 4.78 is 50.5. The second kappa shape index (κ2) is 5.53. The Morgan fingerprint density at radius 1 is 1.24 bits per heavy atom. The van der Waals surface area contributed by atoms with Gasteiger partial charge in [-0.3, -0.25) is 4.79 Å². The van der Waals surface area contributed by atoms with Gasteiger partial charge in [-0.05, 0) is 24.0 Å². The maximum absolute atomic E-state index is 14.2. The van der Waals surface area contributed by atoms with Crippen LogP contribution in [-0.2, 0) is 9.05 Å². The average molecular weight is 338 g/mol. The number of benzene rings is 1. The van der Waals surface area contributed by atoms with Gasteiger partial charge in [0.1, 0.15) is 16.3 Å². The summed E-state index contributed by atoms with van der Waals surface area (Å²) in [6.45, 7) is 4.61. The maximum atomic E-state index is 14.2. The van der Waals surface area contributed by atoms with Crippen molar-refractivity contribution in [3.8, 4) is 0 Å². The van der Waals surface area contributed by atoms with Crippen LogP contribution in [-0.4, -0.2) is 32.3 Å². The topological polar surface area (TPSA) is 54.5 Å². The molecule has 0 aromatic heterocycles. The van der Waals surface area contributed by atoms with Crippen LogP contribution in [0.2, 0.25) is 0 Å². The molecule has 1 amide bonds. The lowest BCUT2D eigenvalue weighted by Gasteiger charge is -2.17. The third-order valence-corrected chi connectivity index (χ3v) is 5.15. The minimum atomic E-state index is -4.39. The molecule has 2 unspecified atom stereocenters. The third-order valence-electron chi connectivity index (χ3n) is 3.81. The fourth-order valence-electron chi connectivity index (χ4n) is 2.37. The largest absolute Gasteiger partial charge is 0.338 e. The molecular formula is C13H14ClF2NO3S. The van der Waals surface area contributed by atoms with Crippen molar-refractivity contribution in [2.75, 3.05) is 13.1 Å². The van der Waals surface area contributed by atoms with Crippen molar-refractivity contribution in [1.82, 2.24) is 4.90 Å². The molecule has 4 nitrogen and oxygen atoms in total. The standard InChI is InChI=1S/C13H14ClF2NO3S/c1-7-5-17(6-8(7)2)13(18)11-9(15)3-4-10(12(11)16)21(14,19)20/h3-4,7-8H,5-6H2,1-2H3. The van der Waals surface area contributed by atoms with Gasteiger partial charge >= 0.3 is 0 Å². The van der Waals surface area contributed by atoms with Crippen molar-refractivity contribution in [3.05, 3.63) is 29.3 Å². The van der Waals surface area contributed by atoms with Gasteiger partial charge in [0.25, 0.3) is 15.0 Å². The van der Waals surface area contributed by atoms with E-state index in [1.165, 1.54) is 4.90 Å². The molecule has 116 valence electrons. The minimum Gasteiger partial charge on any atom is -0.338 e. The van der Waals surface area contributed by atoms with E-state index in [1.807, 2.05) is 13.8 Å². The van der Waals surface area contributed by atoms with E-state index in [4.69, 9.17) is 10.7 Å². The molecule has 1 aromatic carbocycles. The first-order valence-electron chi connectivity index (χ1n) is 6.35. The predicted octanol–water partition coefficient (Wildman–Crippen LogP) is 2.62. The summed E-state index contributed by atoms with van der Waals surface area (Å²) in [5.74, 6) is -2.99. The van der Waals surface area contributed by atoms with Crippen molar-refractivity contribution >= 4 is 25.6 Å². The lowest BCUT2D eigenvalue weighted by Crippen LogP contribution is -2.30. The average Bonchev–Trinajstić information content (AvgIpc) is 2.67. The van der Waals surface area contributed by atoms with E-state index in [-0.39, 0.29) is 11.8 Å². The number of nitrogens with zero attached hydrogens (tertiary/aromatic N) is 1. The van der Waals surface area contributed by atoms with E-state index < -0.39 is 37.1 Å². The number of carbonyl (C=O) groups is 1. The first-order chi connectivity index (χ1) is 9.62. The first kappa shape index (κ1) is 16.2. The molecule has 2 atom stereocenters. The molecule has 1 aromatic rings. The summed E-state index contributed by atoms with van der Waals surface area (Å²) in [4.78, 5) is 12.7. The molecule has 0 bridgehead atoms. The number of carbonyl (C=O) groups excluding carboxylic acids is 1. The fourth-order valence-corrected chi connectivity index (χ4v) is 3.28. The summed E-state index contributed by atoms with van der Waals surface area (Å²) in [7, 11) is 0.692. The number of likely N-dealkylation sites (tertiary alicyclic amines) is 1. The monoisotopic (exact) mass is 337 g/mol. The molecule has 1 aliphatic rings. The highest BCUT2D eigenvalue weighted by molar-refractivity contribution is 8.13. The molecule has 1 aliphatic heterocycles. The van der Waals surface area contributed by atoms with E-state index in [1.54, 1.807) is 0 Å². The molecule has 8 heteroatoms. The number of hydrogen-bond acceptors (Lipinski definition) is 3. The first-order valence-corrected chi connectivity index (χ1v) is 8.65. The second-order valence-electron chi connectivity index (χ2n) is 5.34. The third kappa shape index (κ3) is 3.03. The summed E-state index contributed by atoms with van der Waals surface area (Å²) >= 11 is 0. The van der Waals surface area contributed by atoms with Gasteiger partial charge in [0.2, 0.25) is 0 Å². The normalized spacial score (nSPS) is 22.6. The van der Waals surface area contributed by atoms with Crippen molar-refractivity contribution < 1.29 is 22.0 Å². The van der Waals surface area contributed by atoms with Gasteiger partial charge in [0, 0.05) is 23.8 Å². The molecule has 2 rings (SSSR count). The van der Waals surface area contributed by atoms with Crippen LogP contribution in [0.1, 0.15) is 24.2 Å². The van der Waals surface area contributed by atoms with Crippen LogP contribution in [0.4, 0.5) is 8.78 Å². The lowest BCUT2D eigenvalue weighted by atomic mass is 10.0. The summed E-state index contributed by atoms with van der Waals surface area (Å²) in [5, 5.41) is 0. The van der Waals surface area contributed by atoms with Crippen LogP contribution >= 0.6 is 10.7 Å². The van der Waals surface area contributed by atoms with Crippen LogP contribution in [0.25, 0.3) is 0 Å². The Morgan fingerprint density at radius 3 is 2.24 bits per heavy atom. The SMILES string of the molecule is CC1CN(C(=O)c2c(F)ccc(S(=O)(=O)Cl)c2F)CC1C. The highest BCUT2D eigenvalue weighted by atomic mass is 35.7. The minimum absolute atomic E-state index is 0.208. The second-order valence-corrected chi connectivity index (χ2v) is 7.87. The quantitative estimate of drug-likeness (QED) is 0.779. The molecule has 0 saturated carbocycles. The summed E-state index contributed by atoms with van der Waals surface area (Å²) in [5.41, 5.74) is -0.877. The summed E-state index contributed by atoms with van der Waals surface area (Å²) in [6.07, 6.45) is 0. The van der Waals surface area contributed by atoms with Gasteiger partial charge in [0.05, 0.1) is 0 Å². The van der Waals surface area contributed by atoms with E-state index in [9.17, 15) is 22.0 Å². The molecule has 0 radical (unpaired) electrons. The number of halogens is 3. The Balaban J connectivity index is 2.47. The number of hydrogen-bond donors (Lipinski definition) is 0. The van der Waals surface area contributed by atoms with Crippen molar-refractivity contribution in [2.24, 2.45) is 11.8 Å². The molecule has 1 fully saturated rings. The maximum Gasteiger partial charge on any atom is 0.264 e. The molecule has 21 heavy (non-hydrogen) atoms. The Hall–Kier alpha value is -1.21. The zero-order valence-corrected chi connectivity index (χ0v) is 13.0. The fraction of sp³-hybridized carbons (Fsp3) is 0.462. The van der Waals surface area contributed by atoms with Crippen LogP contribution in [0.3, 0.4) is 0 Å². The van der Waals surface area contributed by atoms with Crippen molar-refractivity contribution in [2.45, 2.75) is 18.7 Å². The smallest absolute Gasteiger partial charge is 0.264 e. The zero-order chi connectivity index (χ0) is 15.9. The lowest BCUT2D eigenvalue weighted by molar-refractivity contribution is 0.0774. The van der Waals surface area contributed by atoms with Gasteiger partial charge in [0.15, 0.2) is 5.82 Å². The predicted molar refractivity (Wildman–Crippen MR) is 73.6 cm³/mol. The Morgan fingerprint density at radius 2 is 1.76 bits per heavy atom. The molecule has 1 heterocycles. The number of rotatable bonds is 2. The number of amides is 1.